The van der Waals surface area contributed by atoms with Crippen LogP contribution in [0.1, 0.15) is 13.8 Å². The van der Waals surface area contributed by atoms with Crippen LogP contribution in [0.5, 0.6) is 5.75 Å². The van der Waals surface area contributed by atoms with E-state index in [1.807, 2.05) is 25.1 Å². The summed E-state index contributed by atoms with van der Waals surface area (Å²) in [5.41, 5.74) is 1.30. The van der Waals surface area contributed by atoms with Gasteiger partial charge in [0, 0.05) is 0 Å². The Morgan fingerprint density at radius 1 is 0.867 bits per heavy atom. The normalized spacial score (nSPS) is 12.3. The lowest BCUT2D eigenvalue weighted by Gasteiger charge is -2.29. The van der Waals surface area contributed by atoms with Gasteiger partial charge in [-0.1, -0.05) is 66.8 Å². The number of ether oxygens (including phenoxy) is 1. The summed E-state index contributed by atoms with van der Waals surface area (Å²) < 4.78 is 18.9. The van der Waals surface area contributed by atoms with Gasteiger partial charge in [0.25, 0.3) is 0 Å². The quantitative estimate of drug-likeness (QED) is 0.312. The van der Waals surface area contributed by atoms with Gasteiger partial charge in [0.15, 0.2) is 5.75 Å². The number of halogens is 1. The summed E-state index contributed by atoms with van der Waals surface area (Å²) in [6, 6.07) is 29.5. The zero-order valence-corrected chi connectivity index (χ0v) is 18.6. The van der Waals surface area contributed by atoms with E-state index in [0.717, 1.165) is 17.2 Å². The Balaban J connectivity index is 2.32. The molecule has 0 heterocycles. The maximum atomic E-state index is 13.0. The van der Waals surface area contributed by atoms with E-state index in [2.05, 4.69) is 91.9 Å². The number of hydrogen-bond acceptors (Lipinski definition) is 1. The molecule has 0 aliphatic heterocycles. The number of hydrogen-bond donors (Lipinski definition) is 0. The van der Waals surface area contributed by atoms with E-state index in [1.165, 1.54) is 16.2 Å². The fourth-order valence-electron chi connectivity index (χ4n) is 3.79. The highest BCUT2D eigenvalue weighted by molar-refractivity contribution is 7.96. The Kier molecular flexibility index (Phi) is 7.99. The predicted octanol–water partition coefficient (Wildman–Crippen LogP) is 5.85. The van der Waals surface area contributed by atoms with Crippen molar-refractivity contribution in [3.8, 4) is 5.75 Å². The van der Waals surface area contributed by atoms with Crippen LogP contribution in [0.2, 0.25) is 0 Å². The first-order valence-electron chi connectivity index (χ1n) is 10.3. The molecule has 154 valence electrons. The highest BCUT2D eigenvalue weighted by Crippen LogP contribution is 2.58. The smallest absolute Gasteiger partial charge is 0.162 e. The number of para-hydroxylation sites is 1. The molecule has 3 rings (SSSR count). The third-order valence-corrected chi connectivity index (χ3v) is 9.59. The Morgan fingerprint density at radius 2 is 1.43 bits per heavy atom. The van der Waals surface area contributed by atoms with Crippen molar-refractivity contribution in [3.63, 3.8) is 0 Å². The molecule has 30 heavy (non-hydrogen) atoms. The van der Waals surface area contributed by atoms with E-state index in [1.54, 1.807) is 0 Å². The summed E-state index contributed by atoms with van der Waals surface area (Å²) in [6.07, 6.45) is 7.21. The molecule has 0 amide bonds. The molecule has 0 atom stereocenters. The van der Waals surface area contributed by atoms with Crippen molar-refractivity contribution in [2.24, 2.45) is 0 Å². The molecule has 3 aromatic carbocycles. The van der Waals surface area contributed by atoms with Crippen LogP contribution in [0.25, 0.3) is 0 Å². The van der Waals surface area contributed by atoms with Gasteiger partial charge in [-0.15, -0.1) is 0 Å². The lowest BCUT2D eigenvalue weighted by molar-refractivity contribution is 0.275. The minimum absolute atomic E-state index is 0.0635. The molecule has 0 fully saturated rings. The zero-order valence-electron chi connectivity index (χ0n) is 17.7. The molecule has 0 aliphatic rings. The molecule has 1 nitrogen and oxygen atoms in total. The van der Waals surface area contributed by atoms with E-state index < -0.39 is 13.9 Å². The highest BCUT2D eigenvalue weighted by Gasteiger charge is 2.47. The molecule has 0 saturated heterocycles. The molecule has 0 radical (unpaired) electrons. The monoisotopic (exact) mass is 419 g/mol. The van der Waals surface area contributed by atoms with Gasteiger partial charge in [-0.3, -0.25) is 0 Å². The second-order valence-electron chi connectivity index (χ2n) is 7.18. The van der Waals surface area contributed by atoms with Crippen molar-refractivity contribution in [3.05, 3.63) is 109 Å². The fraction of sp³-hybridized carbons (Fsp3) is 0.185. The van der Waals surface area contributed by atoms with Crippen LogP contribution in [-0.4, -0.2) is 19.4 Å². The fourth-order valence-corrected chi connectivity index (χ4v) is 8.25. The highest BCUT2D eigenvalue weighted by atomic mass is 31.2. The van der Waals surface area contributed by atoms with Gasteiger partial charge in [-0.2, -0.15) is 0 Å². The summed E-state index contributed by atoms with van der Waals surface area (Å²) in [5, 5.41) is 3.74. The summed E-state index contributed by atoms with van der Waals surface area (Å²) in [6.45, 7) is 3.77. The van der Waals surface area contributed by atoms with Crippen LogP contribution in [-0.2, 0) is 0 Å². The SMILES string of the molecule is C/C=C\C=C(/C)C[P+](c1ccccc1)(c1ccccc1)c1ccccc1OCCF. The summed E-state index contributed by atoms with van der Waals surface area (Å²) in [5.74, 6) is 0.773. The van der Waals surface area contributed by atoms with Gasteiger partial charge in [0.05, 0.1) is 6.16 Å². The van der Waals surface area contributed by atoms with Crippen molar-refractivity contribution < 1.29 is 9.13 Å². The number of benzene rings is 3. The molecule has 3 aromatic rings. The van der Waals surface area contributed by atoms with Gasteiger partial charge < -0.3 is 4.74 Å². The molecule has 0 spiro atoms. The zero-order chi connectivity index (χ0) is 21.2. The summed E-state index contributed by atoms with van der Waals surface area (Å²) in [7, 11) is -2.08. The van der Waals surface area contributed by atoms with Crippen molar-refractivity contribution in [1.29, 1.82) is 0 Å². The molecular weight excluding hydrogens is 390 g/mol. The van der Waals surface area contributed by atoms with Crippen LogP contribution in [0.15, 0.2) is 109 Å². The predicted molar refractivity (Wildman–Crippen MR) is 130 cm³/mol. The molecule has 0 aliphatic carbocycles. The Morgan fingerprint density at radius 3 is 2.00 bits per heavy atom. The molecular formula is C27H29FOP+. The van der Waals surface area contributed by atoms with Crippen LogP contribution >= 0.6 is 7.26 Å². The number of allylic oxidation sites excluding steroid dienone is 4. The number of rotatable bonds is 9. The van der Waals surface area contributed by atoms with Crippen LogP contribution in [0, 0.1) is 0 Å². The van der Waals surface area contributed by atoms with E-state index in [4.69, 9.17) is 4.74 Å². The van der Waals surface area contributed by atoms with Crippen LogP contribution < -0.4 is 20.7 Å². The Hall–Kier alpha value is -2.70. The lowest BCUT2D eigenvalue weighted by Crippen LogP contribution is -2.34. The maximum Gasteiger partial charge on any atom is 0.162 e. The van der Waals surface area contributed by atoms with Gasteiger partial charge in [0.2, 0.25) is 0 Å². The first-order valence-corrected chi connectivity index (χ1v) is 12.3. The van der Waals surface area contributed by atoms with Crippen molar-refractivity contribution in [2.45, 2.75) is 13.8 Å². The van der Waals surface area contributed by atoms with E-state index in [9.17, 15) is 4.39 Å². The standard InChI is InChI=1S/C27H29FOP/c1-3-4-13-23(2)22-30(24-14-7-5-8-15-24,25-16-9-6-10-17-25)27-19-12-11-18-26(27)29-21-20-28/h3-19H,20-22H2,1-2H3/q+1/b4-3-,23-13+. The molecule has 0 saturated carbocycles. The second kappa shape index (κ2) is 10.9. The number of alkyl halides is 1. The first kappa shape index (κ1) is 22.0. The molecule has 3 heteroatoms. The average Bonchev–Trinajstić information content (AvgIpc) is 2.81. The molecule has 0 N–H and O–H groups in total. The summed E-state index contributed by atoms with van der Waals surface area (Å²) >= 11 is 0. The van der Waals surface area contributed by atoms with Gasteiger partial charge in [-0.25, -0.2) is 4.39 Å². The van der Waals surface area contributed by atoms with E-state index in [0.29, 0.717) is 0 Å². The largest absolute Gasteiger partial charge is 0.487 e. The first-order chi connectivity index (χ1) is 14.7. The van der Waals surface area contributed by atoms with Gasteiger partial charge >= 0.3 is 0 Å². The minimum atomic E-state index is -2.08. The molecule has 0 unspecified atom stereocenters. The van der Waals surface area contributed by atoms with Gasteiger partial charge in [-0.05, 0) is 55.8 Å². The second-order valence-corrected chi connectivity index (χ2v) is 10.6. The maximum absolute atomic E-state index is 13.0. The third kappa shape index (κ3) is 4.89. The van der Waals surface area contributed by atoms with Crippen molar-refractivity contribution in [1.82, 2.24) is 0 Å². The minimum Gasteiger partial charge on any atom is -0.487 e. The van der Waals surface area contributed by atoms with Crippen LogP contribution in [0.4, 0.5) is 4.39 Å². The van der Waals surface area contributed by atoms with E-state index >= 15 is 0 Å². The van der Waals surface area contributed by atoms with E-state index in [-0.39, 0.29) is 6.61 Å². The van der Waals surface area contributed by atoms with Crippen LogP contribution in [0.3, 0.4) is 0 Å². The summed E-state index contributed by atoms with van der Waals surface area (Å²) in [4.78, 5) is 0. The average molecular weight is 420 g/mol. The van der Waals surface area contributed by atoms with Crippen molar-refractivity contribution >= 4 is 23.2 Å². The molecule has 0 aromatic heterocycles. The molecule has 0 bridgehead atoms. The Bertz CT molecular complexity index is 941. The Labute approximate surface area is 180 Å². The lowest BCUT2D eigenvalue weighted by atomic mass is 10.3. The van der Waals surface area contributed by atoms with Crippen molar-refractivity contribution in [2.75, 3.05) is 19.4 Å². The third-order valence-electron chi connectivity index (χ3n) is 5.06. The van der Waals surface area contributed by atoms with Gasteiger partial charge in [0.1, 0.15) is 36.5 Å². The topological polar surface area (TPSA) is 9.23 Å².